The summed E-state index contributed by atoms with van der Waals surface area (Å²) in [5, 5.41) is 3.06. The van der Waals surface area contributed by atoms with Gasteiger partial charge in [-0.05, 0) is 38.2 Å². The Morgan fingerprint density at radius 1 is 1.37 bits per heavy atom. The van der Waals surface area contributed by atoms with Crippen molar-refractivity contribution < 1.29 is 9.18 Å². The van der Waals surface area contributed by atoms with Gasteiger partial charge in [0, 0.05) is 31.9 Å². The smallest absolute Gasteiger partial charge is 0.246 e. The molecular formula is C14H20FN3O. The molecule has 0 radical (unpaired) electrons. The fraction of sp³-hybridized carbons (Fsp3) is 0.500. The number of anilines is 1. The van der Waals surface area contributed by atoms with Crippen LogP contribution in [0.2, 0.25) is 0 Å². The van der Waals surface area contributed by atoms with Gasteiger partial charge in [0.15, 0.2) is 0 Å². The lowest BCUT2D eigenvalue weighted by atomic mass is 10.0. The second kappa shape index (κ2) is 5.57. The van der Waals surface area contributed by atoms with E-state index < -0.39 is 0 Å². The number of carbonyl (C=O) groups is 1. The van der Waals surface area contributed by atoms with Crippen molar-refractivity contribution in [3.05, 3.63) is 30.1 Å². The zero-order chi connectivity index (χ0) is 14.0. The van der Waals surface area contributed by atoms with E-state index in [0.29, 0.717) is 13.1 Å². The van der Waals surface area contributed by atoms with Gasteiger partial charge in [-0.25, -0.2) is 4.39 Å². The molecule has 1 heterocycles. The van der Waals surface area contributed by atoms with Gasteiger partial charge in [0.25, 0.3) is 0 Å². The second-order valence-electron chi connectivity index (χ2n) is 5.02. The Morgan fingerprint density at radius 3 is 2.58 bits per heavy atom. The van der Waals surface area contributed by atoms with Gasteiger partial charge < -0.3 is 15.1 Å². The van der Waals surface area contributed by atoms with Crippen molar-refractivity contribution in [2.75, 3.05) is 32.1 Å². The van der Waals surface area contributed by atoms with Gasteiger partial charge in [-0.1, -0.05) is 0 Å². The first-order valence-corrected chi connectivity index (χ1v) is 6.48. The van der Waals surface area contributed by atoms with Gasteiger partial charge in [-0.15, -0.1) is 0 Å². The summed E-state index contributed by atoms with van der Waals surface area (Å²) in [7, 11) is 3.65. The Balaban J connectivity index is 2.33. The van der Waals surface area contributed by atoms with Crippen LogP contribution in [0.3, 0.4) is 0 Å². The van der Waals surface area contributed by atoms with Crippen LogP contribution < -0.4 is 10.2 Å². The molecule has 104 valence electrons. The zero-order valence-corrected chi connectivity index (χ0v) is 11.6. The first-order chi connectivity index (χ1) is 9.04. The van der Waals surface area contributed by atoms with E-state index in [9.17, 15) is 9.18 Å². The number of amides is 1. The van der Waals surface area contributed by atoms with Gasteiger partial charge in [0.2, 0.25) is 5.91 Å². The van der Waals surface area contributed by atoms with Crippen molar-refractivity contribution in [2.24, 2.45) is 0 Å². The lowest BCUT2D eigenvalue weighted by Gasteiger charge is -2.45. The molecular weight excluding hydrogens is 245 g/mol. The van der Waals surface area contributed by atoms with Crippen LogP contribution in [-0.2, 0) is 4.79 Å². The van der Waals surface area contributed by atoms with E-state index in [1.807, 2.05) is 14.1 Å². The molecule has 19 heavy (non-hydrogen) atoms. The average molecular weight is 265 g/mol. The number of nitrogens with one attached hydrogen (secondary N) is 1. The third-order valence-electron chi connectivity index (χ3n) is 3.53. The molecule has 1 aliphatic heterocycles. The molecule has 0 aliphatic carbocycles. The summed E-state index contributed by atoms with van der Waals surface area (Å²) in [5.74, 6) is -0.168. The molecule has 1 amide bonds. The maximum atomic E-state index is 13.0. The van der Waals surface area contributed by atoms with E-state index >= 15 is 0 Å². The quantitative estimate of drug-likeness (QED) is 0.888. The first kappa shape index (κ1) is 13.8. The van der Waals surface area contributed by atoms with Crippen molar-refractivity contribution in [2.45, 2.75) is 19.0 Å². The minimum absolute atomic E-state index is 0.0942. The summed E-state index contributed by atoms with van der Waals surface area (Å²) in [6, 6.07) is 6.28. The lowest BCUT2D eigenvalue weighted by molar-refractivity contribution is -0.133. The molecule has 0 aromatic heterocycles. The minimum atomic E-state index is -0.262. The summed E-state index contributed by atoms with van der Waals surface area (Å²) < 4.78 is 13.0. The van der Waals surface area contributed by atoms with E-state index in [-0.39, 0.29) is 23.8 Å². The molecule has 2 rings (SSSR count). The highest BCUT2D eigenvalue weighted by Crippen LogP contribution is 2.25. The van der Waals surface area contributed by atoms with Crippen molar-refractivity contribution in [1.29, 1.82) is 0 Å². The van der Waals surface area contributed by atoms with Gasteiger partial charge in [0.1, 0.15) is 11.9 Å². The third-order valence-corrected chi connectivity index (χ3v) is 3.53. The molecule has 4 nitrogen and oxygen atoms in total. The minimum Gasteiger partial charge on any atom is -0.354 e. The number of piperazine rings is 1. The third kappa shape index (κ3) is 2.71. The van der Waals surface area contributed by atoms with Gasteiger partial charge >= 0.3 is 0 Å². The predicted octanol–water partition coefficient (Wildman–Crippen LogP) is 1.08. The number of hydrogen-bond acceptors (Lipinski definition) is 3. The van der Waals surface area contributed by atoms with Crippen LogP contribution in [0.1, 0.15) is 6.92 Å². The monoisotopic (exact) mass is 265 g/mol. The first-order valence-electron chi connectivity index (χ1n) is 6.48. The predicted molar refractivity (Wildman–Crippen MR) is 73.7 cm³/mol. The Kier molecular flexibility index (Phi) is 4.04. The molecule has 0 saturated carbocycles. The number of hydrogen-bond donors (Lipinski definition) is 1. The van der Waals surface area contributed by atoms with Gasteiger partial charge in [0.05, 0.1) is 0 Å². The van der Waals surface area contributed by atoms with Crippen LogP contribution in [0.25, 0.3) is 0 Å². The van der Waals surface area contributed by atoms with E-state index in [1.165, 1.54) is 12.1 Å². The lowest BCUT2D eigenvalue weighted by Crippen LogP contribution is -2.62. The standard InChI is InChI=1S/C14H20FN3O/c1-10-9-17(3)14(19)13(8-16-2)18(10)12-6-4-11(15)5-7-12/h4-7,10,13,16H,8-9H2,1-3H3. The largest absolute Gasteiger partial charge is 0.354 e. The Hall–Kier alpha value is -1.62. The average Bonchev–Trinajstić information content (AvgIpc) is 2.38. The maximum absolute atomic E-state index is 13.0. The maximum Gasteiger partial charge on any atom is 0.246 e. The van der Waals surface area contributed by atoms with Crippen molar-refractivity contribution in [3.8, 4) is 0 Å². The fourth-order valence-corrected chi connectivity index (χ4v) is 2.68. The van der Waals surface area contributed by atoms with E-state index in [0.717, 1.165) is 5.69 Å². The molecule has 1 aliphatic rings. The number of nitrogens with zero attached hydrogens (tertiary/aromatic N) is 2. The molecule has 1 aromatic rings. The SMILES string of the molecule is CNCC1C(=O)N(C)CC(C)N1c1ccc(F)cc1. The summed E-state index contributed by atoms with van der Waals surface area (Å²) >= 11 is 0. The van der Waals surface area contributed by atoms with Gasteiger partial charge in [-0.2, -0.15) is 0 Å². The molecule has 0 bridgehead atoms. The summed E-state index contributed by atoms with van der Waals surface area (Å²) in [5.41, 5.74) is 0.885. The van der Waals surface area contributed by atoms with Crippen molar-refractivity contribution >= 4 is 11.6 Å². The number of halogens is 1. The van der Waals surface area contributed by atoms with Crippen LogP contribution in [-0.4, -0.2) is 50.1 Å². The molecule has 2 atom stereocenters. The van der Waals surface area contributed by atoms with Crippen LogP contribution >= 0.6 is 0 Å². The molecule has 0 spiro atoms. The van der Waals surface area contributed by atoms with Crippen LogP contribution in [0.5, 0.6) is 0 Å². The molecule has 1 fully saturated rings. The highest BCUT2D eigenvalue weighted by atomic mass is 19.1. The topological polar surface area (TPSA) is 35.6 Å². The second-order valence-corrected chi connectivity index (χ2v) is 5.02. The Morgan fingerprint density at radius 2 is 2.00 bits per heavy atom. The molecule has 1 N–H and O–H groups in total. The summed E-state index contributed by atoms with van der Waals surface area (Å²) in [6.45, 7) is 3.33. The molecule has 5 heteroatoms. The highest BCUT2D eigenvalue weighted by Gasteiger charge is 2.36. The number of rotatable bonds is 3. The number of likely N-dealkylation sites (N-methyl/N-ethyl adjacent to an activating group) is 2. The van der Waals surface area contributed by atoms with Crippen LogP contribution in [0.4, 0.5) is 10.1 Å². The van der Waals surface area contributed by atoms with Crippen molar-refractivity contribution in [3.63, 3.8) is 0 Å². The summed E-state index contributed by atoms with van der Waals surface area (Å²) in [6.07, 6.45) is 0. The summed E-state index contributed by atoms with van der Waals surface area (Å²) in [4.78, 5) is 16.1. The van der Waals surface area contributed by atoms with E-state index in [4.69, 9.17) is 0 Å². The number of benzene rings is 1. The Bertz CT molecular complexity index is 449. The van der Waals surface area contributed by atoms with Gasteiger partial charge in [-0.3, -0.25) is 4.79 Å². The van der Waals surface area contributed by atoms with E-state index in [1.54, 1.807) is 17.0 Å². The fourth-order valence-electron chi connectivity index (χ4n) is 2.68. The zero-order valence-electron chi connectivity index (χ0n) is 11.6. The molecule has 2 unspecified atom stereocenters. The molecule has 1 saturated heterocycles. The van der Waals surface area contributed by atoms with Crippen LogP contribution in [0.15, 0.2) is 24.3 Å². The van der Waals surface area contributed by atoms with E-state index in [2.05, 4.69) is 17.1 Å². The van der Waals surface area contributed by atoms with Crippen molar-refractivity contribution in [1.82, 2.24) is 10.2 Å². The van der Waals surface area contributed by atoms with Crippen LogP contribution in [0, 0.1) is 5.82 Å². The molecule has 1 aromatic carbocycles. The Labute approximate surface area is 113 Å². The highest BCUT2D eigenvalue weighted by molar-refractivity contribution is 5.87. The number of carbonyl (C=O) groups excluding carboxylic acids is 1. The normalized spacial score (nSPS) is 23.9.